The van der Waals surface area contributed by atoms with Gasteiger partial charge in [-0.05, 0) is 24.3 Å². The molecular weight excluding hydrogens is 220 g/mol. The molecule has 0 aliphatic carbocycles. The number of aromatic nitrogens is 2. The van der Waals surface area contributed by atoms with Crippen molar-refractivity contribution in [3.63, 3.8) is 0 Å². The summed E-state index contributed by atoms with van der Waals surface area (Å²) in [5, 5.41) is 0. The maximum Gasteiger partial charge on any atom is 0.248 e. The van der Waals surface area contributed by atoms with Crippen LogP contribution in [0, 0.1) is 0 Å². The number of nitrogens with zero attached hydrogens (tertiary/aromatic N) is 2. The highest BCUT2D eigenvalue weighted by atomic mass is 16.5. The molecule has 1 heterocycles. The topological polar surface area (TPSA) is 104 Å². The number of nitrogens with two attached hydrogens (primary N) is 2. The standard InChI is InChI=1S/C11H10N4O2/c12-9-5-10(15-6-14-9)17-8-3-1-7(2-4-8)11(13)16/h1-6H,(H2,13,16)(H2,12,14,15). The molecule has 4 N–H and O–H groups in total. The minimum atomic E-state index is -0.483. The summed E-state index contributed by atoms with van der Waals surface area (Å²) in [7, 11) is 0. The normalized spacial score (nSPS) is 9.88. The first-order valence-corrected chi connectivity index (χ1v) is 4.80. The molecule has 1 aromatic heterocycles. The second kappa shape index (κ2) is 4.48. The highest BCUT2D eigenvalue weighted by molar-refractivity contribution is 5.92. The van der Waals surface area contributed by atoms with Gasteiger partial charge in [0.2, 0.25) is 11.8 Å². The van der Waals surface area contributed by atoms with Crippen molar-refractivity contribution in [1.82, 2.24) is 9.97 Å². The number of carbonyl (C=O) groups is 1. The predicted octanol–water partition coefficient (Wildman–Crippen LogP) is 0.950. The molecule has 0 aliphatic rings. The van der Waals surface area contributed by atoms with Crippen LogP contribution in [-0.4, -0.2) is 15.9 Å². The largest absolute Gasteiger partial charge is 0.439 e. The van der Waals surface area contributed by atoms with Crippen molar-refractivity contribution in [1.29, 1.82) is 0 Å². The zero-order valence-electron chi connectivity index (χ0n) is 8.83. The summed E-state index contributed by atoms with van der Waals surface area (Å²) in [6.45, 7) is 0. The predicted molar refractivity (Wildman–Crippen MR) is 61.5 cm³/mol. The van der Waals surface area contributed by atoms with Gasteiger partial charge in [-0.2, -0.15) is 0 Å². The van der Waals surface area contributed by atoms with Crippen LogP contribution in [0.3, 0.4) is 0 Å². The van der Waals surface area contributed by atoms with Crippen LogP contribution in [0.4, 0.5) is 5.82 Å². The van der Waals surface area contributed by atoms with Crippen molar-refractivity contribution in [2.45, 2.75) is 0 Å². The molecule has 0 unspecified atom stereocenters. The average molecular weight is 230 g/mol. The lowest BCUT2D eigenvalue weighted by molar-refractivity contribution is 0.100. The van der Waals surface area contributed by atoms with Gasteiger partial charge in [-0.25, -0.2) is 9.97 Å². The van der Waals surface area contributed by atoms with Crippen molar-refractivity contribution >= 4 is 11.7 Å². The highest BCUT2D eigenvalue weighted by Gasteiger charge is 2.02. The Labute approximate surface area is 97.2 Å². The van der Waals surface area contributed by atoms with E-state index in [1.807, 2.05) is 0 Å². The average Bonchev–Trinajstić information content (AvgIpc) is 2.29. The van der Waals surface area contributed by atoms with E-state index in [1.54, 1.807) is 24.3 Å². The van der Waals surface area contributed by atoms with Crippen LogP contribution in [0.5, 0.6) is 11.6 Å². The second-order valence-electron chi connectivity index (χ2n) is 3.27. The molecule has 0 radical (unpaired) electrons. The maximum absolute atomic E-state index is 10.9. The number of rotatable bonds is 3. The molecule has 6 heteroatoms. The van der Waals surface area contributed by atoms with E-state index in [2.05, 4.69) is 9.97 Å². The Kier molecular flexibility index (Phi) is 2.87. The lowest BCUT2D eigenvalue weighted by Crippen LogP contribution is -2.10. The molecule has 0 spiro atoms. The summed E-state index contributed by atoms with van der Waals surface area (Å²) in [5.41, 5.74) is 11.0. The Morgan fingerprint density at radius 3 is 2.47 bits per heavy atom. The van der Waals surface area contributed by atoms with E-state index < -0.39 is 5.91 Å². The molecule has 0 fully saturated rings. The summed E-state index contributed by atoms with van der Waals surface area (Å²) < 4.78 is 5.41. The smallest absolute Gasteiger partial charge is 0.248 e. The fraction of sp³-hybridized carbons (Fsp3) is 0. The third-order valence-corrected chi connectivity index (χ3v) is 2.02. The Hall–Kier alpha value is -2.63. The third kappa shape index (κ3) is 2.69. The van der Waals surface area contributed by atoms with Crippen molar-refractivity contribution in [2.75, 3.05) is 5.73 Å². The number of nitrogen functional groups attached to an aromatic ring is 1. The van der Waals surface area contributed by atoms with Crippen LogP contribution in [0.1, 0.15) is 10.4 Å². The van der Waals surface area contributed by atoms with Crippen LogP contribution in [0.15, 0.2) is 36.7 Å². The van der Waals surface area contributed by atoms with E-state index in [-0.39, 0.29) is 0 Å². The second-order valence-corrected chi connectivity index (χ2v) is 3.27. The van der Waals surface area contributed by atoms with Crippen LogP contribution in [0.25, 0.3) is 0 Å². The highest BCUT2D eigenvalue weighted by Crippen LogP contribution is 2.20. The van der Waals surface area contributed by atoms with Gasteiger partial charge in [0.05, 0.1) is 0 Å². The Bertz CT molecular complexity index is 539. The summed E-state index contributed by atoms with van der Waals surface area (Å²) in [6.07, 6.45) is 1.31. The molecule has 2 rings (SSSR count). The van der Waals surface area contributed by atoms with E-state index in [1.165, 1.54) is 12.4 Å². The summed E-state index contributed by atoms with van der Waals surface area (Å²) in [4.78, 5) is 18.5. The molecule has 0 bridgehead atoms. The van der Waals surface area contributed by atoms with Crippen molar-refractivity contribution < 1.29 is 9.53 Å². The summed E-state index contributed by atoms with van der Waals surface area (Å²) >= 11 is 0. The summed E-state index contributed by atoms with van der Waals surface area (Å²) in [5.74, 6) is 0.712. The van der Waals surface area contributed by atoms with Gasteiger partial charge < -0.3 is 16.2 Å². The maximum atomic E-state index is 10.9. The Morgan fingerprint density at radius 2 is 1.88 bits per heavy atom. The molecule has 1 aromatic carbocycles. The molecule has 2 aromatic rings. The first-order chi connectivity index (χ1) is 8.15. The monoisotopic (exact) mass is 230 g/mol. The number of benzene rings is 1. The van der Waals surface area contributed by atoms with Gasteiger partial charge in [-0.1, -0.05) is 0 Å². The first kappa shape index (κ1) is 10.9. The Morgan fingerprint density at radius 1 is 1.18 bits per heavy atom. The van der Waals surface area contributed by atoms with E-state index in [0.29, 0.717) is 23.0 Å². The van der Waals surface area contributed by atoms with Gasteiger partial charge in [0, 0.05) is 11.6 Å². The molecule has 6 nitrogen and oxygen atoms in total. The zero-order valence-corrected chi connectivity index (χ0v) is 8.83. The van der Waals surface area contributed by atoms with Crippen molar-refractivity contribution in [2.24, 2.45) is 5.73 Å². The minimum absolute atomic E-state index is 0.323. The summed E-state index contributed by atoms with van der Waals surface area (Å²) in [6, 6.07) is 7.89. The lowest BCUT2D eigenvalue weighted by atomic mass is 10.2. The molecule has 1 amide bonds. The molecule has 0 saturated heterocycles. The molecule has 0 saturated carbocycles. The first-order valence-electron chi connectivity index (χ1n) is 4.80. The molecule has 17 heavy (non-hydrogen) atoms. The van der Waals surface area contributed by atoms with Gasteiger partial charge in [-0.15, -0.1) is 0 Å². The van der Waals surface area contributed by atoms with E-state index in [4.69, 9.17) is 16.2 Å². The fourth-order valence-electron chi connectivity index (χ4n) is 1.22. The Balaban J connectivity index is 2.16. The molecule has 0 aliphatic heterocycles. The van der Waals surface area contributed by atoms with Gasteiger partial charge >= 0.3 is 0 Å². The molecule has 0 atom stereocenters. The van der Waals surface area contributed by atoms with E-state index >= 15 is 0 Å². The quantitative estimate of drug-likeness (QED) is 0.816. The van der Waals surface area contributed by atoms with Gasteiger partial charge in [0.1, 0.15) is 17.9 Å². The molecular formula is C11H10N4O2. The number of hydrogen-bond acceptors (Lipinski definition) is 5. The number of hydrogen-bond donors (Lipinski definition) is 2. The number of primary amides is 1. The lowest BCUT2D eigenvalue weighted by Gasteiger charge is -2.04. The van der Waals surface area contributed by atoms with Gasteiger partial charge in [-0.3, -0.25) is 4.79 Å². The van der Waals surface area contributed by atoms with Gasteiger partial charge in [0.25, 0.3) is 0 Å². The van der Waals surface area contributed by atoms with Crippen molar-refractivity contribution in [3.05, 3.63) is 42.2 Å². The van der Waals surface area contributed by atoms with Crippen LogP contribution >= 0.6 is 0 Å². The zero-order chi connectivity index (χ0) is 12.3. The molecule has 86 valence electrons. The number of amides is 1. The van der Waals surface area contributed by atoms with Gasteiger partial charge in [0.15, 0.2) is 0 Å². The fourth-order valence-corrected chi connectivity index (χ4v) is 1.22. The van der Waals surface area contributed by atoms with Crippen LogP contribution < -0.4 is 16.2 Å². The minimum Gasteiger partial charge on any atom is -0.439 e. The third-order valence-electron chi connectivity index (χ3n) is 2.02. The van der Waals surface area contributed by atoms with E-state index in [0.717, 1.165) is 0 Å². The van der Waals surface area contributed by atoms with Crippen molar-refractivity contribution in [3.8, 4) is 11.6 Å². The van der Waals surface area contributed by atoms with E-state index in [9.17, 15) is 4.79 Å². The number of anilines is 1. The van der Waals surface area contributed by atoms with Crippen LogP contribution in [0.2, 0.25) is 0 Å². The SMILES string of the molecule is NC(=O)c1ccc(Oc2cc(N)ncn2)cc1. The van der Waals surface area contributed by atoms with Crippen LogP contribution in [-0.2, 0) is 0 Å². The number of ether oxygens (including phenoxy) is 1. The number of carbonyl (C=O) groups excluding carboxylic acids is 1.